The molecule has 1 aliphatic carbocycles. The SMILES string of the molecule is CNC(Cc1cccc(F)c1)C1(OC)CCC1. The topological polar surface area (TPSA) is 21.3 Å². The molecule has 2 rings (SSSR count). The zero-order valence-electron chi connectivity index (χ0n) is 10.5. The Labute approximate surface area is 102 Å². The fourth-order valence-corrected chi connectivity index (χ4v) is 2.67. The van der Waals surface area contributed by atoms with E-state index in [-0.39, 0.29) is 17.5 Å². The quantitative estimate of drug-likeness (QED) is 0.849. The molecule has 1 aromatic carbocycles. The first-order valence-corrected chi connectivity index (χ1v) is 6.17. The van der Waals surface area contributed by atoms with Crippen molar-refractivity contribution in [3.63, 3.8) is 0 Å². The molecule has 0 amide bonds. The van der Waals surface area contributed by atoms with Gasteiger partial charge in [-0.05, 0) is 50.4 Å². The predicted octanol–water partition coefficient (Wildman–Crippen LogP) is 2.53. The van der Waals surface area contributed by atoms with Gasteiger partial charge in [0.1, 0.15) is 5.82 Å². The summed E-state index contributed by atoms with van der Waals surface area (Å²) in [5, 5.41) is 3.32. The number of methoxy groups -OCH3 is 1. The van der Waals surface area contributed by atoms with Gasteiger partial charge in [0, 0.05) is 13.2 Å². The second-order valence-electron chi connectivity index (χ2n) is 4.80. The number of hydrogen-bond acceptors (Lipinski definition) is 2. The highest BCUT2D eigenvalue weighted by molar-refractivity contribution is 5.19. The van der Waals surface area contributed by atoms with Gasteiger partial charge in [-0.3, -0.25) is 0 Å². The average molecular weight is 237 g/mol. The van der Waals surface area contributed by atoms with Crippen molar-refractivity contribution in [1.29, 1.82) is 0 Å². The van der Waals surface area contributed by atoms with Gasteiger partial charge in [0.15, 0.2) is 0 Å². The normalized spacial score (nSPS) is 19.7. The maximum Gasteiger partial charge on any atom is 0.123 e. The zero-order chi connectivity index (χ0) is 12.3. The molecule has 3 heteroatoms. The van der Waals surface area contributed by atoms with Crippen molar-refractivity contribution in [2.24, 2.45) is 0 Å². The number of nitrogens with one attached hydrogen (secondary N) is 1. The number of benzene rings is 1. The molecule has 1 unspecified atom stereocenters. The second kappa shape index (κ2) is 5.15. The molecule has 17 heavy (non-hydrogen) atoms. The first-order chi connectivity index (χ1) is 8.20. The van der Waals surface area contributed by atoms with Crippen LogP contribution in [0.25, 0.3) is 0 Å². The Balaban J connectivity index is 2.09. The third-order valence-electron chi connectivity index (χ3n) is 3.92. The number of ether oxygens (including phenoxy) is 1. The van der Waals surface area contributed by atoms with E-state index in [1.54, 1.807) is 19.2 Å². The average Bonchev–Trinajstić information content (AvgIpc) is 2.27. The predicted molar refractivity (Wildman–Crippen MR) is 66.5 cm³/mol. The van der Waals surface area contributed by atoms with Crippen LogP contribution in [0.4, 0.5) is 4.39 Å². The van der Waals surface area contributed by atoms with Crippen LogP contribution in [-0.2, 0) is 11.2 Å². The van der Waals surface area contributed by atoms with E-state index in [1.165, 1.54) is 12.5 Å². The summed E-state index contributed by atoms with van der Waals surface area (Å²) in [4.78, 5) is 0. The lowest BCUT2D eigenvalue weighted by Gasteiger charge is -2.46. The van der Waals surface area contributed by atoms with Crippen molar-refractivity contribution in [2.45, 2.75) is 37.3 Å². The lowest BCUT2D eigenvalue weighted by molar-refractivity contribution is -0.0966. The van der Waals surface area contributed by atoms with E-state index in [2.05, 4.69) is 5.32 Å². The fraction of sp³-hybridized carbons (Fsp3) is 0.571. The number of rotatable bonds is 5. The van der Waals surface area contributed by atoms with Gasteiger partial charge in [0.05, 0.1) is 5.60 Å². The molecule has 0 heterocycles. The van der Waals surface area contributed by atoms with Gasteiger partial charge in [-0.2, -0.15) is 0 Å². The first kappa shape index (κ1) is 12.5. The number of likely N-dealkylation sites (N-methyl/N-ethyl adjacent to an activating group) is 1. The number of halogens is 1. The van der Waals surface area contributed by atoms with Gasteiger partial charge in [0.25, 0.3) is 0 Å². The highest BCUT2D eigenvalue weighted by Gasteiger charge is 2.43. The van der Waals surface area contributed by atoms with Gasteiger partial charge >= 0.3 is 0 Å². The van der Waals surface area contributed by atoms with E-state index >= 15 is 0 Å². The summed E-state index contributed by atoms with van der Waals surface area (Å²) in [6.07, 6.45) is 4.20. The Bertz CT molecular complexity index is 371. The van der Waals surface area contributed by atoms with Gasteiger partial charge in [0.2, 0.25) is 0 Å². The van der Waals surface area contributed by atoms with Crippen molar-refractivity contribution >= 4 is 0 Å². The minimum absolute atomic E-state index is 0.0545. The summed E-state index contributed by atoms with van der Waals surface area (Å²) >= 11 is 0. The van der Waals surface area contributed by atoms with Gasteiger partial charge in [-0.25, -0.2) is 4.39 Å². The van der Waals surface area contributed by atoms with Crippen LogP contribution in [0.3, 0.4) is 0 Å². The molecule has 1 aliphatic rings. The molecule has 1 fully saturated rings. The zero-order valence-corrected chi connectivity index (χ0v) is 10.5. The van der Waals surface area contributed by atoms with Crippen LogP contribution in [-0.4, -0.2) is 25.8 Å². The van der Waals surface area contributed by atoms with Crippen LogP contribution in [0, 0.1) is 5.82 Å². The van der Waals surface area contributed by atoms with Crippen LogP contribution in [0.15, 0.2) is 24.3 Å². The van der Waals surface area contributed by atoms with Crippen molar-refractivity contribution < 1.29 is 9.13 Å². The summed E-state index contributed by atoms with van der Waals surface area (Å²) in [6.45, 7) is 0. The van der Waals surface area contributed by atoms with Crippen LogP contribution in [0.1, 0.15) is 24.8 Å². The van der Waals surface area contributed by atoms with E-state index < -0.39 is 0 Å². The van der Waals surface area contributed by atoms with Gasteiger partial charge in [-0.1, -0.05) is 12.1 Å². The molecule has 0 spiro atoms. The summed E-state index contributed by atoms with van der Waals surface area (Å²) < 4.78 is 18.8. The minimum atomic E-state index is -0.169. The summed E-state index contributed by atoms with van der Waals surface area (Å²) in [5.41, 5.74) is 0.966. The standard InChI is InChI=1S/C14H20FNO/c1-16-13(14(17-2)7-4-8-14)10-11-5-3-6-12(15)9-11/h3,5-6,9,13,16H,4,7-8,10H2,1-2H3. The van der Waals surface area contributed by atoms with Crippen LogP contribution < -0.4 is 5.32 Å². The Kier molecular flexibility index (Phi) is 3.79. The Morgan fingerprint density at radius 3 is 2.71 bits per heavy atom. The smallest absolute Gasteiger partial charge is 0.123 e. The van der Waals surface area contributed by atoms with Crippen LogP contribution >= 0.6 is 0 Å². The van der Waals surface area contributed by atoms with E-state index in [0.717, 1.165) is 24.8 Å². The van der Waals surface area contributed by atoms with Gasteiger partial charge in [-0.15, -0.1) is 0 Å². The van der Waals surface area contributed by atoms with E-state index in [0.29, 0.717) is 0 Å². The summed E-state index contributed by atoms with van der Waals surface area (Å²) in [6, 6.07) is 7.07. The maximum absolute atomic E-state index is 13.1. The van der Waals surface area contributed by atoms with E-state index in [4.69, 9.17) is 4.74 Å². The molecule has 0 radical (unpaired) electrons. The largest absolute Gasteiger partial charge is 0.377 e. The minimum Gasteiger partial charge on any atom is -0.377 e. The first-order valence-electron chi connectivity index (χ1n) is 6.17. The molecule has 2 nitrogen and oxygen atoms in total. The van der Waals surface area contributed by atoms with E-state index in [9.17, 15) is 4.39 Å². The molecular weight excluding hydrogens is 217 g/mol. The molecule has 0 bridgehead atoms. The maximum atomic E-state index is 13.1. The molecule has 0 saturated heterocycles. The molecule has 1 atom stereocenters. The molecule has 0 aromatic heterocycles. The molecule has 94 valence electrons. The van der Waals surface area contributed by atoms with Gasteiger partial charge < -0.3 is 10.1 Å². The Morgan fingerprint density at radius 2 is 2.24 bits per heavy atom. The highest BCUT2D eigenvalue weighted by atomic mass is 19.1. The van der Waals surface area contributed by atoms with Crippen molar-refractivity contribution in [1.82, 2.24) is 5.32 Å². The van der Waals surface area contributed by atoms with Crippen molar-refractivity contribution in [3.8, 4) is 0 Å². The van der Waals surface area contributed by atoms with Crippen molar-refractivity contribution in [3.05, 3.63) is 35.6 Å². The lowest BCUT2D eigenvalue weighted by Crippen LogP contribution is -2.56. The van der Waals surface area contributed by atoms with E-state index in [1.807, 2.05) is 13.1 Å². The Hall–Kier alpha value is -0.930. The molecule has 0 aliphatic heterocycles. The van der Waals surface area contributed by atoms with Crippen LogP contribution in [0.5, 0.6) is 0 Å². The third-order valence-corrected chi connectivity index (χ3v) is 3.92. The molecule has 1 saturated carbocycles. The lowest BCUT2D eigenvalue weighted by atomic mass is 9.72. The molecule has 1 N–H and O–H groups in total. The molecular formula is C14H20FNO. The van der Waals surface area contributed by atoms with Crippen molar-refractivity contribution in [2.75, 3.05) is 14.2 Å². The fourth-order valence-electron chi connectivity index (χ4n) is 2.67. The molecule has 1 aromatic rings. The Morgan fingerprint density at radius 1 is 1.47 bits per heavy atom. The second-order valence-corrected chi connectivity index (χ2v) is 4.80. The monoisotopic (exact) mass is 237 g/mol. The number of hydrogen-bond donors (Lipinski definition) is 1. The highest BCUT2D eigenvalue weighted by Crippen LogP contribution is 2.39. The third kappa shape index (κ3) is 2.50. The summed E-state index contributed by atoms with van der Waals surface area (Å²) in [5.74, 6) is -0.169. The van der Waals surface area contributed by atoms with Crippen LogP contribution in [0.2, 0.25) is 0 Å². The summed E-state index contributed by atoms with van der Waals surface area (Å²) in [7, 11) is 3.72.